The predicted molar refractivity (Wildman–Crippen MR) is 61.0 cm³/mol. The van der Waals surface area contributed by atoms with Gasteiger partial charge in [-0.05, 0) is 43.4 Å². The molecule has 0 atom stereocenters. The number of benzene rings is 1. The van der Waals surface area contributed by atoms with Crippen LogP contribution in [0.25, 0.3) is 10.8 Å². The number of fused-ring (bicyclic) bond motifs is 1. The minimum Gasteiger partial charge on any atom is -0.241 e. The molecule has 72 valence electrons. The number of aryl methyl sites for hydroxylation is 3. The highest BCUT2D eigenvalue weighted by Gasteiger charge is 2.06. The Bertz CT molecular complexity index is 503. The Kier molecular flexibility index (Phi) is 2.20. The Morgan fingerprint density at radius 3 is 2.43 bits per heavy atom. The van der Waals surface area contributed by atoms with E-state index in [-0.39, 0.29) is 0 Å². The van der Waals surface area contributed by atoms with E-state index in [4.69, 9.17) is 11.6 Å². The van der Waals surface area contributed by atoms with Crippen molar-refractivity contribution in [1.29, 1.82) is 0 Å². The van der Waals surface area contributed by atoms with Crippen molar-refractivity contribution >= 4 is 22.4 Å². The monoisotopic (exact) mass is 205 g/mol. The molecule has 1 nitrogen and oxygen atoms in total. The van der Waals surface area contributed by atoms with E-state index in [0.717, 1.165) is 11.1 Å². The molecule has 0 spiro atoms. The number of aromatic nitrogens is 1. The molecule has 2 heteroatoms. The van der Waals surface area contributed by atoms with Gasteiger partial charge in [0.15, 0.2) is 0 Å². The molecule has 1 aromatic heterocycles. The predicted octanol–water partition coefficient (Wildman–Crippen LogP) is 3.81. The molecule has 0 amide bonds. The van der Waals surface area contributed by atoms with Gasteiger partial charge in [0.25, 0.3) is 0 Å². The second-order valence-corrected chi connectivity index (χ2v) is 4.03. The van der Waals surface area contributed by atoms with Crippen LogP contribution in [0.4, 0.5) is 0 Å². The van der Waals surface area contributed by atoms with E-state index in [0.29, 0.717) is 5.15 Å². The van der Waals surface area contributed by atoms with Gasteiger partial charge in [0.2, 0.25) is 0 Å². The van der Waals surface area contributed by atoms with Crippen molar-refractivity contribution in [2.75, 3.05) is 0 Å². The van der Waals surface area contributed by atoms with Crippen molar-refractivity contribution in [1.82, 2.24) is 4.98 Å². The van der Waals surface area contributed by atoms with Crippen molar-refractivity contribution in [3.05, 3.63) is 40.2 Å². The third-order valence-electron chi connectivity index (χ3n) is 2.51. The third-order valence-corrected chi connectivity index (χ3v) is 2.78. The SMILES string of the molecule is Cc1cc2c(C)ccc(C)c2c(Cl)n1. The molecule has 0 radical (unpaired) electrons. The highest BCUT2D eigenvalue weighted by Crippen LogP contribution is 2.28. The van der Waals surface area contributed by atoms with E-state index < -0.39 is 0 Å². The Hall–Kier alpha value is -1.08. The lowest BCUT2D eigenvalue weighted by Crippen LogP contribution is -1.89. The first-order valence-corrected chi connectivity index (χ1v) is 5.00. The molecule has 0 aliphatic rings. The van der Waals surface area contributed by atoms with Crippen LogP contribution in [0.1, 0.15) is 16.8 Å². The minimum atomic E-state index is 0.612. The molecule has 1 heterocycles. The normalized spacial score (nSPS) is 10.9. The van der Waals surface area contributed by atoms with Crippen LogP contribution in [0.3, 0.4) is 0 Å². The number of hydrogen-bond donors (Lipinski definition) is 0. The number of pyridine rings is 1. The number of hydrogen-bond acceptors (Lipinski definition) is 1. The summed E-state index contributed by atoms with van der Waals surface area (Å²) in [5, 5.41) is 2.90. The quantitative estimate of drug-likeness (QED) is 0.596. The summed E-state index contributed by atoms with van der Waals surface area (Å²) < 4.78 is 0. The Morgan fingerprint density at radius 1 is 1.07 bits per heavy atom. The van der Waals surface area contributed by atoms with Crippen molar-refractivity contribution in [3.63, 3.8) is 0 Å². The van der Waals surface area contributed by atoms with Crippen molar-refractivity contribution < 1.29 is 0 Å². The van der Waals surface area contributed by atoms with Gasteiger partial charge >= 0.3 is 0 Å². The first-order chi connectivity index (χ1) is 6.59. The average molecular weight is 206 g/mol. The van der Waals surface area contributed by atoms with Crippen LogP contribution >= 0.6 is 11.6 Å². The second kappa shape index (κ2) is 3.25. The molecular formula is C12H12ClN. The molecule has 14 heavy (non-hydrogen) atoms. The molecule has 0 saturated carbocycles. The van der Waals surface area contributed by atoms with Crippen LogP contribution in [-0.2, 0) is 0 Å². The number of rotatable bonds is 0. The van der Waals surface area contributed by atoms with Crippen molar-refractivity contribution in [2.45, 2.75) is 20.8 Å². The molecule has 0 fully saturated rings. The molecule has 0 N–H and O–H groups in total. The molecular weight excluding hydrogens is 194 g/mol. The van der Waals surface area contributed by atoms with E-state index in [1.807, 2.05) is 6.92 Å². The maximum Gasteiger partial charge on any atom is 0.137 e. The first-order valence-electron chi connectivity index (χ1n) is 4.62. The van der Waals surface area contributed by atoms with Crippen LogP contribution in [0.2, 0.25) is 5.15 Å². The van der Waals surface area contributed by atoms with Gasteiger partial charge in [-0.25, -0.2) is 4.98 Å². The van der Waals surface area contributed by atoms with Crippen LogP contribution in [-0.4, -0.2) is 4.98 Å². The summed E-state index contributed by atoms with van der Waals surface area (Å²) in [4.78, 5) is 4.27. The van der Waals surface area contributed by atoms with Gasteiger partial charge in [0, 0.05) is 11.1 Å². The fourth-order valence-electron chi connectivity index (χ4n) is 1.74. The lowest BCUT2D eigenvalue weighted by Gasteiger charge is -2.07. The zero-order chi connectivity index (χ0) is 10.3. The summed E-state index contributed by atoms with van der Waals surface area (Å²) in [6, 6.07) is 6.29. The molecule has 1 aromatic carbocycles. The van der Waals surface area contributed by atoms with Gasteiger partial charge in [-0.15, -0.1) is 0 Å². The van der Waals surface area contributed by atoms with E-state index in [1.54, 1.807) is 0 Å². The fourth-order valence-corrected chi connectivity index (χ4v) is 2.13. The number of halogens is 1. The maximum absolute atomic E-state index is 6.13. The van der Waals surface area contributed by atoms with Gasteiger partial charge in [0.1, 0.15) is 5.15 Å². The molecule has 0 bridgehead atoms. The summed E-state index contributed by atoms with van der Waals surface area (Å²) in [6.07, 6.45) is 0. The summed E-state index contributed by atoms with van der Waals surface area (Å²) in [5.41, 5.74) is 3.40. The maximum atomic E-state index is 6.13. The second-order valence-electron chi connectivity index (χ2n) is 3.68. The largest absolute Gasteiger partial charge is 0.241 e. The lowest BCUT2D eigenvalue weighted by molar-refractivity contribution is 1.22. The van der Waals surface area contributed by atoms with Gasteiger partial charge in [0.05, 0.1) is 0 Å². The van der Waals surface area contributed by atoms with Crippen LogP contribution in [0.5, 0.6) is 0 Å². The standard InChI is InChI=1S/C12H12ClN/c1-7-4-5-8(2)11-10(7)6-9(3)14-12(11)13/h4-6H,1-3H3. The first kappa shape index (κ1) is 9.47. The highest BCUT2D eigenvalue weighted by molar-refractivity contribution is 6.34. The molecule has 2 aromatic rings. The van der Waals surface area contributed by atoms with E-state index in [1.165, 1.54) is 16.5 Å². The van der Waals surface area contributed by atoms with Crippen molar-refractivity contribution in [2.24, 2.45) is 0 Å². The molecule has 0 saturated heterocycles. The Labute approximate surface area is 88.7 Å². The fraction of sp³-hybridized carbons (Fsp3) is 0.250. The zero-order valence-electron chi connectivity index (χ0n) is 8.56. The average Bonchev–Trinajstić information content (AvgIpc) is 2.10. The highest BCUT2D eigenvalue weighted by atomic mass is 35.5. The van der Waals surface area contributed by atoms with Crippen molar-refractivity contribution in [3.8, 4) is 0 Å². The van der Waals surface area contributed by atoms with Gasteiger partial charge < -0.3 is 0 Å². The van der Waals surface area contributed by atoms with Crippen LogP contribution < -0.4 is 0 Å². The Morgan fingerprint density at radius 2 is 1.71 bits per heavy atom. The number of nitrogens with zero attached hydrogens (tertiary/aromatic N) is 1. The summed E-state index contributed by atoms with van der Waals surface area (Å²) in [6.45, 7) is 6.12. The lowest BCUT2D eigenvalue weighted by atomic mass is 10.0. The van der Waals surface area contributed by atoms with Crippen LogP contribution in [0, 0.1) is 20.8 Å². The van der Waals surface area contributed by atoms with E-state index in [9.17, 15) is 0 Å². The Balaban J connectivity index is 3.00. The summed E-state index contributed by atoms with van der Waals surface area (Å²) in [7, 11) is 0. The molecule has 0 aliphatic carbocycles. The smallest absolute Gasteiger partial charge is 0.137 e. The molecule has 0 aliphatic heterocycles. The summed E-state index contributed by atoms with van der Waals surface area (Å²) >= 11 is 6.13. The topological polar surface area (TPSA) is 12.9 Å². The van der Waals surface area contributed by atoms with Crippen LogP contribution in [0.15, 0.2) is 18.2 Å². The third kappa shape index (κ3) is 1.38. The molecule has 2 rings (SSSR count). The molecule has 0 unspecified atom stereocenters. The van der Waals surface area contributed by atoms with Gasteiger partial charge in [-0.3, -0.25) is 0 Å². The van der Waals surface area contributed by atoms with Gasteiger partial charge in [-0.1, -0.05) is 23.7 Å². The zero-order valence-corrected chi connectivity index (χ0v) is 9.31. The minimum absolute atomic E-state index is 0.612. The van der Waals surface area contributed by atoms with E-state index in [2.05, 4.69) is 37.0 Å². The van der Waals surface area contributed by atoms with E-state index >= 15 is 0 Å². The summed E-state index contributed by atoms with van der Waals surface area (Å²) in [5.74, 6) is 0. The van der Waals surface area contributed by atoms with Gasteiger partial charge in [-0.2, -0.15) is 0 Å².